The van der Waals surface area contributed by atoms with Crippen LogP contribution in [-0.2, 0) is 4.79 Å². The third-order valence-electron chi connectivity index (χ3n) is 1.53. The highest BCUT2D eigenvalue weighted by molar-refractivity contribution is 8.00. The standard InChI is InChI=1S/C9H12N2OS/c1-11-9(12)6-13-8-4-2-7(10)3-5-8/h2-5H,6,10H2,1H3,(H,11,12). The number of thioether (sulfide) groups is 1. The molecule has 0 fully saturated rings. The minimum atomic E-state index is 0.0295. The maximum atomic E-state index is 10.9. The number of rotatable bonds is 3. The molecule has 1 amide bonds. The minimum absolute atomic E-state index is 0.0295. The van der Waals surface area contributed by atoms with Crippen LogP contribution in [0, 0.1) is 0 Å². The summed E-state index contributed by atoms with van der Waals surface area (Å²) in [7, 11) is 1.63. The molecule has 0 radical (unpaired) electrons. The van der Waals surface area contributed by atoms with Gasteiger partial charge in [0.05, 0.1) is 5.75 Å². The molecule has 0 aliphatic heterocycles. The van der Waals surface area contributed by atoms with Gasteiger partial charge in [-0.2, -0.15) is 0 Å². The number of carbonyl (C=O) groups is 1. The van der Waals surface area contributed by atoms with Crippen molar-refractivity contribution in [2.45, 2.75) is 4.90 Å². The van der Waals surface area contributed by atoms with E-state index in [1.807, 2.05) is 24.3 Å². The number of nitrogens with two attached hydrogens (primary N) is 1. The van der Waals surface area contributed by atoms with Crippen molar-refractivity contribution in [3.05, 3.63) is 24.3 Å². The molecule has 1 rings (SSSR count). The SMILES string of the molecule is CNC(=O)CSc1ccc(N)cc1. The van der Waals surface area contributed by atoms with E-state index < -0.39 is 0 Å². The second-order valence-electron chi connectivity index (χ2n) is 2.53. The molecule has 0 saturated carbocycles. The molecule has 0 aliphatic carbocycles. The number of anilines is 1. The van der Waals surface area contributed by atoms with Crippen LogP contribution in [0.1, 0.15) is 0 Å². The predicted molar refractivity (Wildman–Crippen MR) is 55.6 cm³/mol. The number of hydrogen-bond donors (Lipinski definition) is 2. The van der Waals surface area contributed by atoms with Gasteiger partial charge >= 0.3 is 0 Å². The van der Waals surface area contributed by atoms with Gasteiger partial charge in [-0.25, -0.2) is 0 Å². The average Bonchev–Trinajstić information content (AvgIpc) is 2.16. The molecule has 70 valence electrons. The highest BCUT2D eigenvalue weighted by atomic mass is 32.2. The second-order valence-corrected chi connectivity index (χ2v) is 3.58. The smallest absolute Gasteiger partial charge is 0.230 e. The zero-order valence-electron chi connectivity index (χ0n) is 7.41. The van der Waals surface area contributed by atoms with Crippen LogP contribution >= 0.6 is 11.8 Å². The molecule has 0 bridgehead atoms. The molecule has 3 N–H and O–H groups in total. The summed E-state index contributed by atoms with van der Waals surface area (Å²) in [5, 5.41) is 2.56. The molecule has 1 aromatic carbocycles. The van der Waals surface area contributed by atoms with Gasteiger partial charge in [-0.15, -0.1) is 11.8 Å². The Morgan fingerprint density at radius 3 is 2.62 bits per heavy atom. The Morgan fingerprint density at radius 2 is 2.08 bits per heavy atom. The fourth-order valence-corrected chi connectivity index (χ4v) is 1.56. The number of carbonyl (C=O) groups excluding carboxylic acids is 1. The lowest BCUT2D eigenvalue weighted by molar-refractivity contribution is -0.118. The fourth-order valence-electron chi connectivity index (χ4n) is 0.785. The summed E-state index contributed by atoms with van der Waals surface area (Å²) in [5.74, 6) is 0.474. The highest BCUT2D eigenvalue weighted by Gasteiger charge is 1.99. The topological polar surface area (TPSA) is 55.1 Å². The largest absolute Gasteiger partial charge is 0.399 e. The zero-order valence-corrected chi connectivity index (χ0v) is 8.23. The maximum absolute atomic E-state index is 10.9. The Kier molecular flexibility index (Phi) is 3.64. The van der Waals surface area contributed by atoms with E-state index in [0.29, 0.717) is 5.75 Å². The van der Waals surface area contributed by atoms with Crippen LogP contribution in [0.3, 0.4) is 0 Å². The summed E-state index contributed by atoms with van der Waals surface area (Å²) in [6, 6.07) is 7.46. The van der Waals surface area contributed by atoms with Gasteiger partial charge in [-0.3, -0.25) is 4.79 Å². The number of amides is 1. The Balaban J connectivity index is 2.46. The summed E-state index contributed by atoms with van der Waals surface area (Å²) in [6.45, 7) is 0. The lowest BCUT2D eigenvalue weighted by Gasteiger charge is -2.00. The summed E-state index contributed by atoms with van der Waals surface area (Å²) in [6.07, 6.45) is 0. The number of nitrogen functional groups attached to an aromatic ring is 1. The monoisotopic (exact) mass is 196 g/mol. The molecule has 0 heterocycles. The molecule has 0 unspecified atom stereocenters. The van der Waals surface area contributed by atoms with Crippen LogP contribution in [0.5, 0.6) is 0 Å². The molecule has 3 nitrogen and oxygen atoms in total. The van der Waals surface area contributed by atoms with Gasteiger partial charge in [0.15, 0.2) is 0 Å². The lowest BCUT2D eigenvalue weighted by Crippen LogP contribution is -2.19. The Morgan fingerprint density at radius 1 is 1.46 bits per heavy atom. The molecule has 0 spiro atoms. The molecule has 0 aliphatic rings. The summed E-state index contributed by atoms with van der Waals surface area (Å²) >= 11 is 1.49. The first-order chi connectivity index (χ1) is 6.22. The first kappa shape index (κ1) is 9.92. The van der Waals surface area contributed by atoms with Gasteiger partial charge in [0.2, 0.25) is 5.91 Å². The molecular weight excluding hydrogens is 184 g/mol. The Labute approximate surface area is 81.7 Å². The number of nitrogens with one attached hydrogen (secondary N) is 1. The van der Waals surface area contributed by atoms with Crippen molar-refractivity contribution in [1.82, 2.24) is 5.32 Å². The Hall–Kier alpha value is -1.16. The molecule has 0 saturated heterocycles. The average molecular weight is 196 g/mol. The van der Waals surface area contributed by atoms with Crippen molar-refractivity contribution in [2.75, 3.05) is 18.5 Å². The van der Waals surface area contributed by atoms with Gasteiger partial charge in [-0.05, 0) is 24.3 Å². The normalized spacial score (nSPS) is 9.62. The Bertz CT molecular complexity index is 284. The minimum Gasteiger partial charge on any atom is -0.399 e. The van der Waals surface area contributed by atoms with Gasteiger partial charge < -0.3 is 11.1 Å². The molecule has 0 aromatic heterocycles. The quantitative estimate of drug-likeness (QED) is 0.562. The number of benzene rings is 1. The van der Waals surface area contributed by atoms with Crippen molar-refractivity contribution in [2.24, 2.45) is 0 Å². The first-order valence-electron chi connectivity index (χ1n) is 3.91. The highest BCUT2D eigenvalue weighted by Crippen LogP contribution is 2.18. The van der Waals surface area contributed by atoms with Crippen LogP contribution in [0.4, 0.5) is 5.69 Å². The van der Waals surface area contributed by atoms with Crippen molar-refractivity contribution in [3.8, 4) is 0 Å². The zero-order chi connectivity index (χ0) is 9.68. The summed E-state index contributed by atoms with van der Waals surface area (Å²) < 4.78 is 0. The number of hydrogen-bond acceptors (Lipinski definition) is 3. The fraction of sp³-hybridized carbons (Fsp3) is 0.222. The molecule has 4 heteroatoms. The summed E-state index contributed by atoms with van der Waals surface area (Å²) in [5.41, 5.74) is 6.26. The predicted octanol–water partition coefficient (Wildman–Crippen LogP) is 1.11. The van der Waals surface area contributed by atoms with Gasteiger partial charge in [0.25, 0.3) is 0 Å². The van der Waals surface area contributed by atoms with E-state index in [9.17, 15) is 4.79 Å². The van der Waals surface area contributed by atoms with Crippen molar-refractivity contribution < 1.29 is 4.79 Å². The van der Waals surface area contributed by atoms with Crippen LogP contribution < -0.4 is 11.1 Å². The van der Waals surface area contributed by atoms with Crippen molar-refractivity contribution in [3.63, 3.8) is 0 Å². The van der Waals surface area contributed by atoms with Crippen LogP contribution in [-0.4, -0.2) is 18.7 Å². The third-order valence-corrected chi connectivity index (χ3v) is 2.54. The second kappa shape index (κ2) is 4.77. The van der Waals surface area contributed by atoms with Crippen LogP contribution in [0.25, 0.3) is 0 Å². The molecule has 13 heavy (non-hydrogen) atoms. The van der Waals surface area contributed by atoms with Crippen molar-refractivity contribution in [1.29, 1.82) is 0 Å². The van der Waals surface area contributed by atoms with Gasteiger partial charge in [-0.1, -0.05) is 0 Å². The van der Waals surface area contributed by atoms with E-state index in [0.717, 1.165) is 10.6 Å². The molecular formula is C9H12N2OS. The van der Waals surface area contributed by atoms with E-state index in [4.69, 9.17) is 5.73 Å². The first-order valence-corrected chi connectivity index (χ1v) is 4.90. The summed E-state index contributed by atoms with van der Waals surface area (Å²) in [4.78, 5) is 11.9. The third kappa shape index (κ3) is 3.38. The maximum Gasteiger partial charge on any atom is 0.230 e. The molecule has 1 aromatic rings. The van der Waals surface area contributed by atoms with Gasteiger partial charge in [0, 0.05) is 17.6 Å². The van der Waals surface area contributed by atoms with E-state index >= 15 is 0 Å². The lowest BCUT2D eigenvalue weighted by atomic mass is 10.3. The van der Waals surface area contributed by atoms with Crippen LogP contribution in [0.2, 0.25) is 0 Å². The van der Waals surface area contributed by atoms with Crippen molar-refractivity contribution >= 4 is 23.4 Å². The van der Waals surface area contributed by atoms with E-state index in [-0.39, 0.29) is 5.91 Å². The van der Waals surface area contributed by atoms with E-state index in [1.54, 1.807) is 7.05 Å². The van der Waals surface area contributed by atoms with Gasteiger partial charge in [0.1, 0.15) is 0 Å². The van der Waals surface area contributed by atoms with Crippen LogP contribution in [0.15, 0.2) is 29.2 Å². The van der Waals surface area contributed by atoms with E-state index in [1.165, 1.54) is 11.8 Å². The molecule has 0 atom stereocenters. The van der Waals surface area contributed by atoms with E-state index in [2.05, 4.69) is 5.32 Å².